The zero-order valence-electron chi connectivity index (χ0n) is 12.1. The SMILES string of the molecule is O=C(OCc1ccccc1)N1CCCC[C@H]1CNC(F)(F)F. The molecule has 0 aliphatic carbocycles. The summed E-state index contributed by atoms with van der Waals surface area (Å²) in [6, 6.07) is 8.69. The highest BCUT2D eigenvalue weighted by atomic mass is 19.4. The molecule has 122 valence electrons. The lowest BCUT2D eigenvalue weighted by atomic mass is 10.0. The van der Waals surface area contributed by atoms with E-state index in [1.54, 1.807) is 0 Å². The molecule has 1 saturated heterocycles. The number of carbonyl (C=O) groups is 1. The number of hydrogen-bond acceptors (Lipinski definition) is 3. The average Bonchev–Trinajstić information content (AvgIpc) is 2.51. The molecule has 22 heavy (non-hydrogen) atoms. The molecule has 1 heterocycles. The van der Waals surface area contributed by atoms with Crippen molar-refractivity contribution in [2.24, 2.45) is 0 Å². The molecule has 1 aliphatic heterocycles. The zero-order chi connectivity index (χ0) is 16.0. The van der Waals surface area contributed by atoms with Crippen molar-refractivity contribution < 1.29 is 22.7 Å². The summed E-state index contributed by atoms with van der Waals surface area (Å²) < 4.78 is 42.0. The first-order valence-corrected chi connectivity index (χ1v) is 7.25. The second-order valence-corrected chi connectivity index (χ2v) is 5.26. The molecular weight excluding hydrogens is 297 g/mol. The van der Waals surface area contributed by atoms with Gasteiger partial charge in [0.05, 0.1) is 0 Å². The van der Waals surface area contributed by atoms with Crippen LogP contribution >= 0.6 is 0 Å². The van der Waals surface area contributed by atoms with Gasteiger partial charge in [-0.25, -0.2) is 10.1 Å². The van der Waals surface area contributed by atoms with Gasteiger partial charge in [-0.2, -0.15) is 13.2 Å². The second-order valence-electron chi connectivity index (χ2n) is 5.26. The second kappa shape index (κ2) is 7.49. The van der Waals surface area contributed by atoms with E-state index in [4.69, 9.17) is 4.74 Å². The molecule has 7 heteroatoms. The predicted molar refractivity (Wildman–Crippen MR) is 75.0 cm³/mol. The van der Waals surface area contributed by atoms with Crippen LogP contribution in [0.4, 0.5) is 18.0 Å². The normalized spacial score (nSPS) is 19.0. The summed E-state index contributed by atoms with van der Waals surface area (Å²) in [7, 11) is 0. The Hall–Kier alpha value is -1.76. The highest BCUT2D eigenvalue weighted by Gasteiger charge is 2.32. The van der Waals surface area contributed by atoms with E-state index in [0.29, 0.717) is 13.0 Å². The molecule has 1 atom stereocenters. The van der Waals surface area contributed by atoms with Gasteiger partial charge in [-0.1, -0.05) is 30.3 Å². The monoisotopic (exact) mass is 316 g/mol. The summed E-state index contributed by atoms with van der Waals surface area (Å²) >= 11 is 0. The lowest BCUT2D eigenvalue weighted by Crippen LogP contribution is -2.50. The third kappa shape index (κ3) is 5.22. The summed E-state index contributed by atoms with van der Waals surface area (Å²) in [5, 5.41) is 1.50. The average molecular weight is 316 g/mol. The van der Waals surface area contributed by atoms with Gasteiger partial charge in [0, 0.05) is 19.1 Å². The Kier molecular flexibility index (Phi) is 5.65. The molecule has 0 saturated carbocycles. The fourth-order valence-electron chi connectivity index (χ4n) is 2.49. The number of amides is 1. The first-order chi connectivity index (χ1) is 10.5. The van der Waals surface area contributed by atoms with Crippen LogP contribution in [0.2, 0.25) is 0 Å². The minimum absolute atomic E-state index is 0.121. The molecule has 0 unspecified atom stereocenters. The minimum Gasteiger partial charge on any atom is -0.445 e. The fraction of sp³-hybridized carbons (Fsp3) is 0.533. The number of ether oxygens (including phenoxy) is 1. The lowest BCUT2D eigenvalue weighted by Gasteiger charge is -2.35. The van der Waals surface area contributed by atoms with E-state index in [1.165, 1.54) is 10.2 Å². The molecule has 2 rings (SSSR count). The van der Waals surface area contributed by atoms with Gasteiger partial charge in [0.2, 0.25) is 0 Å². The molecule has 1 aromatic carbocycles. The number of halogens is 3. The molecule has 1 N–H and O–H groups in total. The predicted octanol–water partition coefficient (Wildman–Crippen LogP) is 3.29. The smallest absolute Gasteiger partial charge is 0.445 e. The van der Waals surface area contributed by atoms with Crippen LogP contribution in [0.1, 0.15) is 24.8 Å². The van der Waals surface area contributed by atoms with Crippen molar-refractivity contribution >= 4 is 6.09 Å². The maximum Gasteiger partial charge on any atom is 0.457 e. The Balaban J connectivity index is 1.87. The van der Waals surface area contributed by atoms with Gasteiger partial charge in [0.15, 0.2) is 0 Å². The minimum atomic E-state index is -4.43. The van der Waals surface area contributed by atoms with Gasteiger partial charge >= 0.3 is 12.4 Å². The molecule has 0 bridgehead atoms. The van der Waals surface area contributed by atoms with Gasteiger partial charge < -0.3 is 9.64 Å². The number of nitrogens with one attached hydrogen (secondary N) is 1. The van der Waals surface area contributed by atoms with Crippen LogP contribution in [0.15, 0.2) is 30.3 Å². The number of alkyl halides is 3. The number of carbonyl (C=O) groups excluding carboxylic acids is 1. The van der Waals surface area contributed by atoms with Gasteiger partial charge in [-0.05, 0) is 24.8 Å². The molecule has 1 amide bonds. The topological polar surface area (TPSA) is 41.6 Å². The third-order valence-electron chi connectivity index (χ3n) is 3.60. The molecule has 1 fully saturated rings. The Morgan fingerprint density at radius 2 is 2.00 bits per heavy atom. The largest absolute Gasteiger partial charge is 0.457 e. The lowest BCUT2D eigenvalue weighted by molar-refractivity contribution is -0.159. The summed E-state index contributed by atoms with van der Waals surface area (Å²) in [6.07, 6.45) is -2.85. The molecule has 0 radical (unpaired) electrons. The Bertz CT molecular complexity index is 479. The number of hydrogen-bond donors (Lipinski definition) is 1. The molecule has 1 aliphatic rings. The molecule has 0 aromatic heterocycles. The Morgan fingerprint density at radius 1 is 1.27 bits per heavy atom. The van der Waals surface area contributed by atoms with Gasteiger partial charge in [0.25, 0.3) is 0 Å². The van der Waals surface area contributed by atoms with E-state index in [0.717, 1.165) is 18.4 Å². The number of rotatable bonds is 4. The summed E-state index contributed by atoms with van der Waals surface area (Å²) in [4.78, 5) is 13.5. The van der Waals surface area contributed by atoms with Crippen LogP contribution in [0.3, 0.4) is 0 Å². The van der Waals surface area contributed by atoms with E-state index >= 15 is 0 Å². The maximum atomic E-state index is 12.3. The highest BCUT2D eigenvalue weighted by Crippen LogP contribution is 2.19. The fourth-order valence-corrected chi connectivity index (χ4v) is 2.49. The standard InChI is InChI=1S/C15H19F3N2O2/c16-15(17,18)19-10-13-8-4-5-9-20(13)14(21)22-11-12-6-2-1-3-7-12/h1-3,6-7,13,19H,4-5,8-11H2/t13-/m0/s1. The van der Waals surface area contributed by atoms with Crippen molar-refractivity contribution in [1.82, 2.24) is 10.2 Å². The Morgan fingerprint density at radius 3 is 2.68 bits per heavy atom. The van der Waals surface area contributed by atoms with Gasteiger partial charge in [-0.15, -0.1) is 0 Å². The third-order valence-corrected chi connectivity index (χ3v) is 3.60. The summed E-state index contributed by atoms with van der Waals surface area (Å²) in [6.45, 7) is 0.247. The summed E-state index contributed by atoms with van der Waals surface area (Å²) in [5.74, 6) is 0. The van der Waals surface area contributed by atoms with E-state index in [9.17, 15) is 18.0 Å². The van der Waals surface area contributed by atoms with Crippen LogP contribution < -0.4 is 5.32 Å². The summed E-state index contributed by atoms with van der Waals surface area (Å²) in [5.41, 5.74) is 0.845. The van der Waals surface area contributed by atoms with Crippen LogP contribution in [-0.2, 0) is 11.3 Å². The highest BCUT2D eigenvalue weighted by molar-refractivity contribution is 5.68. The van der Waals surface area contributed by atoms with Crippen LogP contribution in [0, 0.1) is 0 Å². The quantitative estimate of drug-likeness (QED) is 0.867. The van der Waals surface area contributed by atoms with Crippen molar-refractivity contribution in [3.8, 4) is 0 Å². The number of nitrogens with zero attached hydrogens (tertiary/aromatic N) is 1. The number of likely N-dealkylation sites (tertiary alicyclic amines) is 1. The Labute approximate surface area is 127 Å². The first-order valence-electron chi connectivity index (χ1n) is 7.25. The molecule has 1 aromatic rings. The van der Waals surface area contributed by atoms with Crippen molar-refractivity contribution in [2.75, 3.05) is 13.1 Å². The van der Waals surface area contributed by atoms with E-state index < -0.39 is 18.4 Å². The molecular formula is C15H19F3N2O2. The maximum absolute atomic E-state index is 12.3. The van der Waals surface area contributed by atoms with Crippen molar-refractivity contribution in [1.29, 1.82) is 0 Å². The molecule has 0 spiro atoms. The van der Waals surface area contributed by atoms with Crippen LogP contribution in [0.25, 0.3) is 0 Å². The first kappa shape index (κ1) is 16.6. The number of benzene rings is 1. The van der Waals surface area contributed by atoms with E-state index in [-0.39, 0.29) is 13.2 Å². The van der Waals surface area contributed by atoms with Crippen molar-refractivity contribution in [3.05, 3.63) is 35.9 Å². The molecule has 4 nitrogen and oxygen atoms in total. The van der Waals surface area contributed by atoms with Crippen molar-refractivity contribution in [3.63, 3.8) is 0 Å². The van der Waals surface area contributed by atoms with Gasteiger partial charge in [-0.3, -0.25) is 0 Å². The van der Waals surface area contributed by atoms with Crippen LogP contribution in [-0.4, -0.2) is 36.4 Å². The van der Waals surface area contributed by atoms with E-state index in [1.807, 2.05) is 30.3 Å². The van der Waals surface area contributed by atoms with Gasteiger partial charge in [0.1, 0.15) is 6.61 Å². The van der Waals surface area contributed by atoms with E-state index in [2.05, 4.69) is 0 Å². The van der Waals surface area contributed by atoms with Crippen LogP contribution in [0.5, 0.6) is 0 Å². The number of piperidine rings is 1. The zero-order valence-corrected chi connectivity index (χ0v) is 12.1. The van der Waals surface area contributed by atoms with Crippen molar-refractivity contribution in [2.45, 2.75) is 38.2 Å².